The number of nitro groups is 1. The number of rotatable bonds is 6. The fourth-order valence-corrected chi connectivity index (χ4v) is 4.41. The second-order valence-electron chi connectivity index (χ2n) is 8.63. The Bertz CT molecular complexity index is 1600. The number of nitrogens with one attached hydrogen (secondary N) is 1. The molecule has 1 aliphatic heterocycles. The third-order valence-electron chi connectivity index (χ3n) is 6.30. The van der Waals surface area contributed by atoms with Crippen LogP contribution in [0.1, 0.15) is 23.6 Å². The van der Waals surface area contributed by atoms with Gasteiger partial charge in [-0.25, -0.2) is 9.69 Å². The third-order valence-corrected chi connectivity index (χ3v) is 6.30. The molecule has 1 N–H and O–H groups in total. The van der Waals surface area contributed by atoms with E-state index in [4.69, 9.17) is 0 Å². The molecule has 184 valence electrons. The molecule has 1 saturated heterocycles. The normalized spacial score (nSPS) is 14.9. The molecule has 9 nitrogen and oxygen atoms in total. The molecule has 1 fully saturated rings. The molecule has 1 aliphatic rings. The van der Waals surface area contributed by atoms with E-state index in [9.17, 15) is 24.5 Å². The minimum Gasteiger partial charge on any atom is -0.342 e. The van der Waals surface area contributed by atoms with Gasteiger partial charge in [0.25, 0.3) is 17.5 Å². The Morgan fingerprint density at radius 1 is 0.946 bits per heavy atom. The van der Waals surface area contributed by atoms with Gasteiger partial charge < -0.3 is 4.57 Å². The van der Waals surface area contributed by atoms with Gasteiger partial charge in [0.05, 0.1) is 10.6 Å². The van der Waals surface area contributed by atoms with E-state index in [1.54, 1.807) is 30.5 Å². The fraction of sp³-hybridized carbons (Fsp3) is 0.107. The molecule has 0 unspecified atom stereocenters. The van der Waals surface area contributed by atoms with Crippen LogP contribution in [0.3, 0.4) is 0 Å². The van der Waals surface area contributed by atoms with E-state index < -0.39 is 22.8 Å². The number of aryl methyl sites for hydroxylation is 1. The molecule has 4 aromatic rings. The third kappa shape index (κ3) is 4.50. The summed E-state index contributed by atoms with van der Waals surface area (Å²) in [6.45, 7) is 2.35. The number of imide groups is 2. The van der Waals surface area contributed by atoms with Crippen molar-refractivity contribution >= 4 is 46.2 Å². The number of carbonyl (C=O) groups is 3. The van der Waals surface area contributed by atoms with Gasteiger partial charge in [0.1, 0.15) is 5.57 Å². The first-order chi connectivity index (χ1) is 17.9. The number of benzene rings is 3. The highest BCUT2D eigenvalue weighted by molar-refractivity contribution is 6.39. The predicted molar refractivity (Wildman–Crippen MR) is 139 cm³/mol. The number of barbiturate groups is 1. The molecule has 4 amide bonds. The molecule has 0 atom stereocenters. The lowest BCUT2D eigenvalue weighted by Crippen LogP contribution is -2.54. The number of urea groups is 1. The van der Waals surface area contributed by atoms with Crippen LogP contribution in [-0.4, -0.2) is 27.3 Å². The second-order valence-corrected chi connectivity index (χ2v) is 8.63. The van der Waals surface area contributed by atoms with E-state index in [-0.39, 0.29) is 11.3 Å². The van der Waals surface area contributed by atoms with Crippen LogP contribution in [0.2, 0.25) is 0 Å². The average molecular weight is 495 g/mol. The van der Waals surface area contributed by atoms with Gasteiger partial charge in [-0.2, -0.15) is 0 Å². The van der Waals surface area contributed by atoms with Gasteiger partial charge in [-0.1, -0.05) is 49.4 Å². The maximum atomic E-state index is 13.3. The maximum Gasteiger partial charge on any atom is 0.335 e. The number of anilines is 1. The molecule has 37 heavy (non-hydrogen) atoms. The molecule has 0 saturated carbocycles. The molecule has 3 aromatic carbocycles. The Balaban J connectivity index is 1.54. The lowest BCUT2D eigenvalue weighted by atomic mass is 10.1. The quantitative estimate of drug-likeness (QED) is 0.179. The molecule has 0 aliphatic carbocycles. The largest absolute Gasteiger partial charge is 0.342 e. The molecular weight excluding hydrogens is 472 g/mol. The fourth-order valence-electron chi connectivity index (χ4n) is 4.41. The van der Waals surface area contributed by atoms with Gasteiger partial charge >= 0.3 is 6.03 Å². The zero-order valence-corrected chi connectivity index (χ0v) is 19.9. The van der Waals surface area contributed by atoms with Crippen molar-refractivity contribution in [2.45, 2.75) is 19.9 Å². The number of aromatic nitrogens is 1. The second kappa shape index (κ2) is 9.54. The first-order valence-corrected chi connectivity index (χ1v) is 11.7. The summed E-state index contributed by atoms with van der Waals surface area (Å²) in [6.07, 6.45) is 4.07. The topological polar surface area (TPSA) is 115 Å². The summed E-state index contributed by atoms with van der Waals surface area (Å²) < 4.78 is 1.90. The number of hydrogen-bond donors (Lipinski definition) is 1. The van der Waals surface area contributed by atoms with Crippen LogP contribution in [0.15, 0.2) is 84.6 Å². The molecule has 5 rings (SSSR count). The molecule has 2 heterocycles. The summed E-state index contributed by atoms with van der Waals surface area (Å²) in [7, 11) is 0. The van der Waals surface area contributed by atoms with Gasteiger partial charge in [0.15, 0.2) is 0 Å². The first-order valence-electron chi connectivity index (χ1n) is 11.7. The van der Waals surface area contributed by atoms with Crippen molar-refractivity contribution in [1.82, 2.24) is 9.88 Å². The monoisotopic (exact) mass is 494 g/mol. The Kier molecular flexibility index (Phi) is 6.10. The van der Waals surface area contributed by atoms with Crippen LogP contribution in [0.25, 0.3) is 17.0 Å². The number of hydrogen-bond acceptors (Lipinski definition) is 5. The zero-order chi connectivity index (χ0) is 26.1. The predicted octanol–water partition coefficient (Wildman–Crippen LogP) is 4.83. The Morgan fingerprint density at radius 2 is 1.70 bits per heavy atom. The summed E-state index contributed by atoms with van der Waals surface area (Å²) in [4.78, 5) is 50.3. The van der Waals surface area contributed by atoms with Crippen LogP contribution in [0.5, 0.6) is 0 Å². The van der Waals surface area contributed by atoms with Gasteiger partial charge in [-0.3, -0.25) is 25.0 Å². The van der Waals surface area contributed by atoms with Crippen LogP contribution >= 0.6 is 0 Å². The minimum atomic E-state index is -0.801. The molecule has 9 heteroatoms. The average Bonchev–Trinajstić information content (AvgIpc) is 3.24. The number of non-ortho nitro benzene ring substituents is 1. The highest BCUT2D eigenvalue weighted by Gasteiger charge is 2.37. The lowest BCUT2D eigenvalue weighted by molar-refractivity contribution is -0.384. The van der Waals surface area contributed by atoms with E-state index >= 15 is 0 Å². The number of para-hydroxylation sites is 1. The van der Waals surface area contributed by atoms with Crippen LogP contribution in [0, 0.1) is 10.1 Å². The summed E-state index contributed by atoms with van der Waals surface area (Å²) in [5.74, 6) is -1.49. The van der Waals surface area contributed by atoms with E-state index in [1.807, 2.05) is 47.9 Å². The zero-order valence-electron chi connectivity index (χ0n) is 19.9. The van der Waals surface area contributed by atoms with Crippen LogP contribution in [-0.2, 0) is 22.6 Å². The summed E-state index contributed by atoms with van der Waals surface area (Å²) in [5, 5.41) is 14.2. The molecule has 1 aromatic heterocycles. The number of amides is 4. The van der Waals surface area contributed by atoms with Gasteiger partial charge in [0.2, 0.25) is 0 Å². The summed E-state index contributed by atoms with van der Waals surface area (Å²) in [5.41, 5.74) is 3.41. The smallest absolute Gasteiger partial charge is 0.335 e. The van der Waals surface area contributed by atoms with E-state index in [0.29, 0.717) is 17.8 Å². The minimum absolute atomic E-state index is 0.00231. The van der Waals surface area contributed by atoms with Crippen molar-refractivity contribution in [3.63, 3.8) is 0 Å². The molecule has 0 radical (unpaired) electrons. The number of nitro benzene ring substituents is 1. The Morgan fingerprint density at radius 3 is 2.43 bits per heavy atom. The number of fused-ring (bicyclic) bond motifs is 1. The standard InChI is InChI=1S/C28H22N4O5/c1-2-18-10-12-21(13-11-18)31-27(34)24(26(33)29-28(31)35)15-20-17-30(25-9-4-3-8-23(20)25)16-19-6-5-7-22(14-19)32(36)37/h3-15,17H,2,16H2,1H3,(H,29,33,35)/b24-15-. The SMILES string of the molecule is CCc1ccc(N2C(=O)NC(=O)/C(=C/c3cn(Cc4cccc([N+](=O)[O-])c4)c4ccccc34)C2=O)cc1. The van der Waals surface area contributed by atoms with Crippen molar-refractivity contribution in [2.24, 2.45) is 0 Å². The number of carbonyl (C=O) groups excluding carboxylic acids is 3. The van der Waals surface area contributed by atoms with Crippen molar-refractivity contribution in [1.29, 1.82) is 0 Å². The molecule has 0 bridgehead atoms. The highest BCUT2D eigenvalue weighted by atomic mass is 16.6. The van der Waals surface area contributed by atoms with Crippen molar-refractivity contribution < 1.29 is 19.3 Å². The van der Waals surface area contributed by atoms with Gasteiger partial charge in [-0.05, 0) is 41.8 Å². The van der Waals surface area contributed by atoms with Crippen molar-refractivity contribution in [3.8, 4) is 0 Å². The van der Waals surface area contributed by atoms with Crippen molar-refractivity contribution in [3.05, 3.63) is 111 Å². The Hall–Kier alpha value is -5.05. The lowest BCUT2D eigenvalue weighted by Gasteiger charge is -2.26. The van der Waals surface area contributed by atoms with Crippen LogP contribution < -0.4 is 10.2 Å². The van der Waals surface area contributed by atoms with E-state index in [2.05, 4.69) is 5.32 Å². The highest BCUT2D eigenvalue weighted by Crippen LogP contribution is 2.28. The van der Waals surface area contributed by atoms with E-state index in [0.717, 1.165) is 33.4 Å². The van der Waals surface area contributed by atoms with Crippen LogP contribution in [0.4, 0.5) is 16.2 Å². The van der Waals surface area contributed by atoms with Crippen molar-refractivity contribution in [2.75, 3.05) is 4.90 Å². The summed E-state index contributed by atoms with van der Waals surface area (Å²) in [6, 6.07) is 20.0. The molecule has 0 spiro atoms. The number of nitrogens with zero attached hydrogens (tertiary/aromatic N) is 3. The summed E-state index contributed by atoms with van der Waals surface area (Å²) >= 11 is 0. The van der Waals surface area contributed by atoms with Gasteiger partial charge in [0, 0.05) is 41.3 Å². The first kappa shape index (κ1) is 23.7. The Labute approximate surface area is 211 Å². The van der Waals surface area contributed by atoms with E-state index in [1.165, 1.54) is 18.2 Å². The maximum absolute atomic E-state index is 13.3. The molecular formula is C28H22N4O5. The van der Waals surface area contributed by atoms with Gasteiger partial charge in [-0.15, -0.1) is 0 Å².